The molecule has 3 N–H and O–H groups in total. The number of aryl methyl sites for hydroxylation is 2. The van der Waals surface area contributed by atoms with Crippen LogP contribution in [0.5, 0.6) is 0 Å². The Bertz CT molecular complexity index is 563. The third-order valence-corrected chi connectivity index (χ3v) is 4.16. The van der Waals surface area contributed by atoms with Gasteiger partial charge in [0.1, 0.15) is 5.82 Å². The van der Waals surface area contributed by atoms with Crippen LogP contribution in [0.15, 0.2) is 18.2 Å². The van der Waals surface area contributed by atoms with Crippen LogP contribution in [0.4, 0.5) is 0 Å². The van der Waals surface area contributed by atoms with E-state index in [0.717, 1.165) is 42.7 Å². The molecule has 3 nitrogen and oxygen atoms in total. The van der Waals surface area contributed by atoms with Crippen LogP contribution < -0.4 is 5.73 Å². The normalized spacial score (nSPS) is 13.8. The van der Waals surface area contributed by atoms with E-state index in [9.17, 15) is 0 Å². The maximum absolute atomic E-state index is 5.75. The van der Waals surface area contributed by atoms with E-state index in [-0.39, 0.29) is 0 Å². The summed E-state index contributed by atoms with van der Waals surface area (Å²) < 4.78 is 0. The minimum Gasteiger partial charge on any atom is -0.342 e. The first kappa shape index (κ1) is 15.0. The second kappa shape index (κ2) is 5.96. The minimum atomic E-state index is 0.308. The monoisotopic (exact) mass is 273 g/mol. The third-order valence-electron chi connectivity index (χ3n) is 4.16. The Morgan fingerprint density at radius 1 is 1.25 bits per heavy atom. The molecule has 1 aromatic carbocycles. The van der Waals surface area contributed by atoms with Gasteiger partial charge in [-0.3, -0.25) is 0 Å². The fraction of sp³-hybridized carbons (Fsp3) is 0.588. The van der Waals surface area contributed by atoms with Crippen LogP contribution in [0.2, 0.25) is 0 Å². The highest BCUT2D eigenvalue weighted by Crippen LogP contribution is 2.32. The van der Waals surface area contributed by atoms with Crippen LogP contribution in [-0.2, 0) is 6.42 Å². The molecule has 0 aliphatic heterocycles. The second-order valence-corrected chi connectivity index (χ2v) is 6.88. The molecule has 0 spiro atoms. The average molecular weight is 273 g/mol. The number of aromatic amines is 1. The van der Waals surface area contributed by atoms with Crippen LogP contribution in [0.3, 0.4) is 0 Å². The van der Waals surface area contributed by atoms with Crippen molar-refractivity contribution in [3.05, 3.63) is 29.6 Å². The summed E-state index contributed by atoms with van der Waals surface area (Å²) in [5.74, 6) is 1.74. The van der Waals surface area contributed by atoms with Crippen molar-refractivity contribution in [1.82, 2.24) is 9.97 Å². The summed E-state index contributed by atoms with van der Waals surface area (Å²) >= 11 is 0. The Balaban J connectivity index is 2.07. The number of nitrogens with zero attached hydrogens (tertiary/aromatic N) is 1. The molecule has 1 aromatic heterocycles. The molecule has 20 heavy (non-hydrogen) atoms. The number of hydrogen-bond acceptors (Lipinski definition) is 2. The molecule has 0 aliphatic rings. The molecule has 2 rings (SSSR count). The second-order valence-electron chi connectivity index (χ2n) is 6.88. The van der Waals surface area contributed by atoms with E-state index >= 15 is 0 Å². The van der Waals surface area contributed by atoms with Crippen molar-refractivity contribution in [3.8, 4) is 0 Å². The predicted octanol–water partition coefficient (Wildman–Crippen LogP) is 3.82. The summed E-state index contributed by atoms with van der Waals surface area (Å²) in [5.41, 5.74) is 9.54. The highest BCUT2D eigenvalue weighted by Gasteiger charge is 2.23. The van der Waals surface area contributed by atoms with Crippen LogP contribution in [-0.4, -0.2) is 16.5 Å². The fourth-order valence-corrected chi connectivity index (χ4v) is 2.82. The van der Waals surface area contributed by atoms with Crippen LogP contribution >= 0.6 is 0 Å². The Morgan fingerprint density at radius 2 is 2.00 bits per heavy atom. The van der Waals surface area contributed by atoms with Crippen LogP contribution in [0.25, 0.3) is 11.0 Å². The van der Waals surface area contributed by atoms with Gasteiger partial charge in [0.25, 0.3) is 0 Å². The van der Waals surface area contributed by atoms with E-state index in [1.54, 1.807) is 0 Å². The van der Waals surface area contributed by atoms with E-state index in [0.29, 0.717) is 11.3 Å². The van der Waals surface area contributed by atoms with Gasteiger partial charge < -0.3 is 10.7 Å². The lowest BCUT2D eigenvalue weighted by Gasteiger charge is -2.30. The van der Waals surface area contributed by atoms with Gasteiger partial charge in [0.15, 0.2) is 0 Å². The van der Waals surface area contributed by atoms with Crippen molar-refractivity contribution in [1.29, 1.82) is 0 Å². The largest absolute Gasteiger partial charge is 0.342 e. The molecule has 3 heteroatoms. The summed E-state index contributed by atoms with van der Waals surface area (Å²) in [6, 6.07) is 6.36. The molecular weight excluding hydrogens is 246 g/mol. The molecule has 1 unspecified atom stereocenters. The fourth-order valence-electron chi connectivity index (χ4n) is 2.82. The Labute approximate surface area is 122 Å². The zero-order valence-electron chi connectivity index (χ0n) is 13.2. The van der Waals surface area contributed by atoms with Crippen molar-refractivity contribution in [2.75, 3.05) is 6.54 Å². The highest BCUT2D eigenvalue weighted by molar-refractivity contribution is 5.75. The predicted molar refractivity (Wildman–Crippen MR) is 85.8 cm³/mol. The van der Waals surface area contributed by atoms with E-state index < -0.39 is 0 Å². The van der Waals surface area contributed by atoms with Gasteiger partial charge in [0.05, 0.1) is 11.0 Å². The molecular formula is C17H27N3. The summed E-state index contributed by atoms with van der Waals surface area (Å²) in [7, 11) is 0. The van der Waals surface area contributed by atoms with Crippen LogP contribution in [0, 0.1) is 18.3 Å². The van der Waals surface area contributed by atoms with Gasteiger partial charge in [-0.1, -0.05) is 26.8 Å². The standard InChI is InChI=1S/C17H27N3/c1-12-5-7-14-15(11-12)20-16(19-14)8-6-13(9-10-18)17(2,3)4/h5,7,11,13H,6,8-10,18H2,1-4H3,(H,19,20). The molecule has 0 saturated heterocycles. The van der Waals surface area contributed by atoms with Gasteiger partial charge in [-0.25, -0.2) is 4.98 Å². The maximum atomic E-state index is 5.75. The number of fused-ring (bicyclic) bond motifs is 1. The summed E-state index contributed by atoms with van der Waals surface area (Å²) in [5, 5.41) is 0. The summed E-state index contributed by atoms with van der Waals surface area (Å²) in [4.78, 5) is 8.12. The van der Waals surface area contributed by atoms with Gasteiger partial charge >= 0.3 is 0 Å². The number of imidazole rings is 1. The van der Waals surface area contributed by atoms with Crippen LogP contribution in [0.1, 0.15) is 45.0 Å². The van der Waals surface area contributed by atoms with Crippen molar-refractivity contribution in [3.63, 3.8) is 0 Å². The van der Waals surface area contributed by atoms with Gasteiger partial charge in [-0.05, 0) is 55.3 Å². The molecule has 0 fully saturated rings. The molecule has 0 bridgehead atoms. The van der Waals surface area contributed by atoms with Gasteiger partial charge in [-0.15, -0.1) is 0 Å². The first-order chi connectivity index (χ1) is 9.40. The number of nitrogens with one attached hydrogen (secondary N) is 1. The molecule has 0 amide bonds. The Morgan fingerprint density at radius 3 is 2.65 bits per heavy atom. The zero-order valence-corrected chi connectivity index (χ0v) is 13.2. The van der Waals surface area contributed by atoms with Crippen molar-refractivity contribution in [2.24, 2.45) is 17.1 Å². The third kappa shape index (κ3) is 3.60. The smallest absolute Gasteiger partial charge is 0.107 e. The highest BCUT2D eigenvalue weighted by atomic mass is 14.9. The molecule has 0 radical (unpaired) electrons. The van der Waals surface area contributed by atoms with Gasteiger partial charge in [-0.2, -0.15) is 0 Å². The molecule has 110 valence electrons. The first-order valence-electron chi connectivity index (χ1n) is 7.55. The quantitative estimate of drug-likeness (QED) is 0.870. The minimum absolute atomic E-state index is 0.308. The lowest BCUT2D eigenvalue weighted by atomic mass is 9.76. The Kier molecular flexibility index (Phi) is 4.48. The molecule has 2 aromatic rings. The number of nitrogens with two attached hydrogens (primary N) is 1. The van der Waals surface area contributed by atoms with Crippen molar-refractivity contribution in [2.45, 2.75) is 47.0 Å². The van der Waals surface area contributed by atoms with Crippen molar-refractivity contribution < 1.29 is 0 Å². The lowest BCUT2D eigenvalue weighted by molar-refractivity contribution is 0.214. The topological polar surface area (TPSA) is 54.7 Å². The average Bonchev–Trinajstić information content (AvgIpc) is 2.74. The first-order valence-corrected chi connectivity index (χ1v) is 7.55. The Hall–Kier alpha value is -1.35. The molecule has 1 atom stereocenters. The van der Waals surface area contributed by atoms with Crippen molar-refractivity contribution >= 4 is 11.0 Å². The SMILES string of the molecule is Cc1ccc2nc(CCC(CCN)C(C)(C)C)[nH]c2c1. The lowest BCUT2D eigenvalue weighted by Crippen LogP contribution is -2.24. The number of hydrogen-bond donors (Lipinski definition) is 2. The number of aromatic nitrogens is 2. The molecule has 1 heterocycles. The maximum Gasteiger partial charge on any atom is 0.107 e. The van der Waals surface area contributed by atoms with E-state index in [1.807, 2.05) is 0 Å². The van der Waals surface area contributed by atoms with E-state index in [4.69, 9.17) is 5.73 Å². The number of rotatable bonds is 5. The van der Waals surface area contributed by atoms with E-state index in [2.05, 4.69) is 55.9 Å². The van der Waals surface area contributed by atoms with Gasteiger partial charge in [0.2, 0.25) is 0 Å². The molecule has 0 aliphatic carbocycles. The summed E-state index contributed by atoms with van der Waals surface area (Å²) in [6.45, 7) is 9.78. The van der Waals surface area contributed by atoms with Gasteiger partial charge in [0, 0.05) is 6.42 Å². The summed E-state index contributed by atoms with van der Waals surface area (Å²) in [6.07, 6.45) is 3.22. The number of benzene rings is 1. The number of H-pyrrole nitrogens is 1. The zero-order chi connectivity index (χ0) is 14.8. The van der Waals surface area contributed by atoms with E-state index in [1.165, 1.54) is 5.56 Å². The molecule has 0 saturated carbocycles.